The highest BCUT2D eigenvalue weighted by molar-refractivity contribution is 4.78. The number of rotatable bonds is 4. The largest absolute Gasteiger partial charge is 0.516 e. The van der Waals surface area contributed by atoms with Gasteiger partial charge in [0.05, 0.1) is 12.9 Å². The minimum Gasteiger partial charge on any atom is -0.516 e. The molecule has 12 heavy (non-hydrogen) atoms. The van der Waals surface area contributed by atoms with Gasteiger partial charge in [0.1, 0.15) is 0 Å². The molecule has 0 fully saturated rings. The molecule has 0 aromatic rings. The summed E-state index contributed by atoms with van der Waals surface area (Å²) in [7, 11) is 0. The van der Waals surface area contributed by atoms with Crippen molar-refractivity contribution in [1.29, 1.82) is 0 Å². The van der Waals surface area contributed by atoms with Gasteiger partial charge in [-0.2, -0.15) is 0 Å². The zero-order chi connectivity index (χ0) is 9.66. The molecular formula is C10H20O2. The third-order valence-electron chi connectivity index (χ3n) is 1.07. The van der Waals surface area contributed by atoms with Crippen LogP contribution in [0.3, 0.4) is 0 Å². The van der Waals surface area contributed by atoms with E-state index < -0.39 is 0 Å². The van der Waals surface area contributed by atoms with Crippen LogP contribution in [0.1, 0.15) is 33.1 Å². The SMILES string of the molecule is CC/C=C\CO.CCC/C=C/O. The van der Waals surface area contributed by atoms with Crippen molar-refractivity contribution in [2.75, 3.05) is 6.61 Å². The van der Waals surface area contributed by atoms with Crippen LogP contribution in [0.15, 0.2) is 24.5 Å². The highest BCUT2D eigenvalue weighted by Gasteiger charge is 1.66. The number of allylic oxidation sites excluding steroid dienone is 2. The summed E-state index contributed by atoms with van der Waals surface area (Å²) in [5.74, 6) is 0. The van der Waals surface area contributed by atoms with Crippen LogP contribution in [0, 0.1) is 0 Å². The lowest BCUT2D eigenvalue weighted by Gasteiger charge is -1.75. The molecule has 72 valence electrons. The first-order chi connectivity index (χ1) is 5.83. The van der Waals surface area contributed by atoms with E-state index in [4.69, 9.17) is 10.2 Å². The lowest BCUT2D eigenvalue weighted by Crippen LogP contribution is -1.67. The predicted octanol–water partition coefficient (Wildman–Crippen LogP) is 2.80. The average Bonchev–Trinajstić information content (AvgIpc) is 2.12. The maximum absolute atomic E-state index is 8.11. The maximum Gasteiger partial charge on any atom is 0.0751 e. The first-order valence-electron chi connectivity index (χ1n) is 4.38. The maximum atomic E-state index is 8.11. The van der Waals surface area contributed by atoms with Crippen LogP contribution < -0.4 is 0 Å². The molecule has 0 amide bonds. The Morgan fingerprint density at radius 3 is 1.92 bits per heavy atom. The van der Waals surface area contributed by atoms with E-state index in [0.717, 1.165) is 25.5 Å². The van der Waals surface area contributed by atoms with E-state index in [9.17, 15) is 0 Å². The second kappa shape index (κ2) is 16.7. The fourth-order valence-electron chi connectivity index (χ4n) is 0.482. The van der Waals surface area contributed by atoms with Gasteiger partial charge in [-0.1, -0.05) is 38.5 Å². The normalized spacial score (nSPS) is 10.2. The number of unbranched alkanes of at least 4 members (excludes halogenated alkanes) is 1. The van der Waals surface area contributed by atoms with Crippen molar-refractivity contribution < 1.29 is 10.2 Å². The Morgan fingerprint density at radius 1 is 1.08 bits per heavy atom. The number of aliphatic hydroxyl groups excluding tert-OH is 2. The Labute approximate surface area is 75.2 Å². The van der Waals surface area contributed by atoms with Crippen molar-refractivity contribution in [3.63, 3.8) is 0 Å². The Morgan fingerprint density at radius 2 is 1.75 bits per heavy atom. The summed E-state index contributed by atoms with van der Waals surface area (Å²) >= 11 is 0. The molecule has 0 bridgehead atoms. The van der Waals surface area contributed by atoms with Crippen molar-refractivity contribution in [1.82, 2.24) is 0 Å². The van der Waals surface area contributed by atoms with Gasteiger partial charge in [-0.05, 0) is 12.8 Å². The van der Waals surface area contributed by atoms with E-state index in [0.29, 0.717) is 0 Å². The van der Waals surface area contributed by atoms with Gasteiger partial charge in [0, 0.05) is 0 Å². The van der Waals surface area contributed by atoms with E-state index in [1.807, 2.05) is 13.0 Å². The highest BCUT2D eigenvalue weighted by atomic mass is 16.2. The fraction of sp³-hybridized carbons (Fsp3) is 0.600. The van der Waals surface area contributed by atoms with Crippen molar-refractivity contribution >= 4 is 0 Å². The third kappa shape index (κ3) is 22.8. The van der Waals surface area contributed by atoms with Crippen molar-refractivity contribution in [3.8, 4) is 0 Å². The van der Waals surface area contributed by atoms with Gasteiger partial charge in [0.15, 0.2) is 0 Å². The molecule has 0 saturated carbocycles. The number of hydrogen-bond acceptors (Lipinski definition) is 2. The molecule has 0 unspecified atom stereocenters. The standard InChI is InChI=1S/2C5H10O/c2*1-2-3-4-5-6/h4-6H,2-3H2,1H3;3-4,6H,2,5H2,1H3/b5-4+;4-3-. The zero-order valence-electron chi connectivity index (χ0n) is 8.03. The molecule has 0 aromatic carbocycles. The van der Waals surface area contributed by atoms with Gasteiger partial charge in [-0.3, -0.25) is 0 Å². The fourth-order valence-corrected chi connectivity index (χ4v) is 0.482. The lowest BCUT2D eigenvalue weighted by molar-refractivity contribution is 0.342. The Bertz CT molecular complexity index is 100. The van der Waals surface area contributed by atoms with E-state index in [1.165, 1.54) is 0 Å². The van der Waals surface area contributed by atoms with Crippen molar-refractivity contribution in [3.05, 3.63) is 24.5 Å². The van der Waals surface area contributed by atoms with Crippen LogP contribution >= 0.6 is 0 Å². The average molecular weight is 172 g/mol. The van der Waals surface area contributed by atoms with Crippen LogP contribution in [-0.4, -0.2) is 16.8 Å². The minimum absolute atomic E-state index is 0.174. The smallest absolute Gasteiger partial charge is 0.0751 e. The molecule has 0 heterocycles. The Kier molecular flexibility index (Phi) is 19.2. The molecule has 0 radical (unpaired) electrons. The molecule has 0 atom stereocenters. The minimum atomic E-state index is 0.174. The number of hydrogen-bond donors (Lipinski definition) is 2. The van der Waals surface area contributed by atoms with Crippen LogP contribution in [0.2, 0.25) is 0 Å². The highest BCUT2D eigenvalue weighted by Crippen LogP contribution is 1.84. The summed E-state index contributed by atoms with van der Waals surface area (Å²) in [6.45, 7) is 4.28. The zero-order valence-corrected chi connectivity index (χ0v) is 8.03. The molecule has 0 aliphatic heterocycles. The van der Waals surface area contributed by atoms with Gasteiger partial charge in [0.25, 0.3) is 0 Å². The molecule has 2 N–H and O–H groups in total. The van der Waals surface area contributed by atoms with Gasteiger partial charge < -0.3 is 10.2 Å². The van der Waals surface area contributed by atoms with E-state index in [-0.39, 0.29) is 6.61 Å². The third-order valence-corrected chi connectivity index (χ3v) is 1.07. The quantitative estimate of drug-likeness (QED) is 0.505. The first kappa shape index (κ1) is 13.8. The van der Waals surface area contributed by atoms with Crippen LogP contribution in [0.4, 0.5) is 0 Å². The Balaban J connectivity index is 0. The van der Waals surface area contributed by atoms with Crippen LogP contribution in [-0.2, 0) is 0 Å². The molecule has 0 saturated heterocycles. The van der Waals surface area contributed by atoms with Gasteiger partial charge in [0.2, 0.25) is 0 Å². The first-order valence-corrected chi connectivity index (χ1v) is 4.38. The summed E-state index contributed by atoms with van der Waals surface area (Å²) in [4.78, 5) is 0. The predicted molar refractivity (Wildman–Crippen MR) is 53.2 cm³/mol. The van der Waals surface area contributed by atoms with E-state index in [2.05, 4.69) is 6.92 Å². The molecule has 2 heteroatoms. The van der Waals surface area contributed by atoms with E-state index >= 15 is 0 Å². The summed E-state index contributed by atoms with van der Waals surface area (Å²) in [6.07, 6.45) is 9.59. The summed E-state index contributed by atoms with van der Waals surface area (Å²) < 4.78 is 0. The molecule has 0 aromatic heterocycles. The van der Waals surface area contributed by atoms with Crippen molar-refractivity contribution in [2.24, 2.45) is 0 Å². The molecule has 0 aliphatic rings. The summed E-state index contributed by atoms with van der Waals surface area (Å²) in [5, 5.41) is 16.1. The van der Waals surface area contributed by atoms with Crippen LogP contribution in [0.25, 0.3) is 0 Å². The number of aliphatic hydroxyl groups is 2. The lowest BCUT2D eigenvalue weighted by atomic mass is 10.3. The van der Waals surface area contributed by atoms with Gasteiger partial charge in [-0.25, -0.2) is 0 Å². The van der Waals surface area contributed by atoms with Crippen LogP contribution in [0.5, 0.6) is 0 Å². The second-order valence-electron chi connectivity index (χ2n) is 2.24. The molecule has 0 aliphatic carbocycles. The van der Waals surface area contributed by atoms with Gasteiger partial charge in [-0.15, -0.1) is 0 Å². The summed E-state index contributed by atoms with van der Waals surface area (Å²) in [6, 6.07) is 0. The Hall–Kier alpha value is -0.760. The second-order valence-corrected chi connectivity index (χ2v) is 2.24. The summed E-state index contributed by atoms with van der Waals surface area (Å²) in [5.41, 5.74) is 0. The molecular weight excluding hydrogens is 152 g/mol. The molecule has 0 rings (SSSR count). The monoisotopic (exact) mass is 172 g/mol. The van der Waals surface area contributed by atoms with Crippen molar-refractivity contribution in [2.45, 2.75) is 33.1 Å². The molecule has 2 nitrogen and oxygen atoms in total. The van der Waals surface area contributed by atoms with Gasteiger partial charge >= 0.3 is 0 Å². The molecule has 0 spiro atoms. The topological polar surface area (TPSA) is 40.5 Å². The van der Waals surface area contributed by atoms with E-state index in [1.54, 1.807) is 12.2 Å².